The predicted octanol–water partition coefficient (Wildman–Crippen LogP) is 2.69. The minimum atomic E-state index is 0.0232. The maximum atomic E-state index is 9.07. The highest BCUT2D eigenvalue weighted by Crippen LogP contribution is 2.36. The van der Waals surface area contributed by atoms with Gasteiger partial charge in [0.2, 0.25) is 0 Å². The molecule has 0 atom stereocenters. The Balaban J connectivity index is 2.76. The first kappa shape index (κ1) is 9.83. The quantitative estimate of drug-likeness (QED) is 0.771. The van der Waals surface area contributed by atoms with Crippen molar-refractivity contribution in [2.45, 2.75) is 11.5 Å². The van der Waals surface area contributed by atoms with Crippen molar-refractivity contribution in [3.8, 4) is 5.75 Å². The molecule has 0 amide bonds. The fraction of sp³-hybridized carbons (Fsp3) is 0.200. The zero-order chi connectivity index (χ0) is 10.1. The molecule has 1 N–H and O–H groups in total. The molecular weight excluding hydrogens is 216 g/mol. The SMILES string of the molecule is COc1cc(CO)cc2c(S)csc12. The molecule has 2 rings (SSSR count). The molecule has 0 aliphatic rings. The lowest BCUT2D eigenvalue weighted by molar-refractivity contribution is 0.281. The summed E-state index contributed by atoms with van der Waals surface area (Å²) in [5.41, 5.74) is 0.850. The van der Waals surface area contributed by atoms with Crippen LogP contribution in [0.4, 0.5) is 0 Å². The highest BCUT2D eigenvalue weighted by molar-refractivity contribution is 7.80. The number of rotatable bonds is 2. The second kappa shape index (κ2) is 3.81. The van der Waals surface area contributed by atoms with Crippen molar-refractivity contribution in [3.63, 3.8) is 0 Å². The van der Waals surface area contributed by atoms with Gasteiger partial charge in [-0.3, -0.25) is 0 Å². The smallest absolute Gasteiger partial charge is 0.137 e. The number of ether oxygens (including phenoxy) is 1. The van der Waals surface area contributed by atoms with Crippen LogP contribution >= 0.6 is 24.0 Å². The van der Waals surface area contributed by atoms with Crippen molar-refractivity contribution in [1.82, 2.24) is 0 Å². The number of fused-ring (bicyclic) bond motifs is 1. The van der Waals surface area contributed by atoms with E-state index in [1.54, 1.807) is 18.4 Å². The Morgan fingerprint density at radius 3 is 2.93 bits per heavy atom. The summed E-state index contributed by atoms with van der Waals surface area (Å²) in [6.45, 7) is 0.0232. The van der Waals surface area contributed by atoms with Gasteiger partial charge in [0.15, 0.2) is 0 Å². The van der Waals surface area contributed by atoms with Gasteiger partial charge in [-0.05, 0) is 17.7 Å². The average Bonchev–Trinajstić information content (AvgIpc) is 2.59. The van der Waals surface area contributed by atoms with Crippen molar-refractivity contribution in [2.75, 3.05) is 7.11 Å². The van der Waals surface area contributed by atoms with Gasteiger partial charge < -0.3 is 9.84 Å². The molecule has 4 heteroatoms. The summed E-state index contributed by atoms with van der Waals surface area (Å²) < 4.78 is 6.33. The molecule has 0 aliphatic carbocycles. The molecule has 0 unspecified atom stereocenters. The molecule has 74 valence electrons. The number of hydrogen-bond acceptors (Lipinski definition) is 4. The summed E-state index contributed by atoms with van der Waals surface area (Å²) in [5.74, 6) is 0.803. The topological polar surface area (TPSA) is 29.5 Å². The van der Waals surface area contributed by atoms with Gasteiger partial charge >= 0.3 is 0 Å². The summed E-state index contributed by atoms with van der Waals surface area (Å²) >= 11 is 5.95. The van der Waals surface area contributed by atoms with E-state index in [0.717, 1.165) is 26.3 Å². The fourth-order valence-electron chi connectivity index (χ4n) is 1.39. The van der Waals surface area contributed by atoms with Crippen molar-refractivity contribution < 1.29 is 9.84 Å². The van der Waals surface area contributed by atoms with Crippen LogP contribution in [0, 0.1) is 0 Å². The molecule has 1 heterocycles. The molecule has 0 saturated carbocycles. The summed E-state index contributed by atoms with van der Waals surface area (Å²) in [7, 11) is 1.63. The summed E-state index contributed by atoms with van der Waals surface area (Å²) in [4.78, 5) is 0.929. The zero-order valence-corrected chi connectivity index (χ0v) is 9.36. The largest absolute Gasteiger partial charge is 0.495 e. The third-order valence-corrected chi connectivity index (χ3v) is 3.64. The monoisotopic (exact) mass is 226 g/mol. The third kappa shape index (κ3) is 1.49. The molecule has 0 saturated heterocycles. The van der Waals surface area contributed by atoms with Crippen LogP contribution in [0.1, 0.15) is 5.56 Å². The van der Waals surface area contributed by atoms with Crippen LogP contribution in [-0.4, -0.2) is 12.2 Å². The molecule has 0 spiro atoms. The zero-order valence-electron chi connectivity index (χ0n) is 7.65. The van der Waals surface area contributed by atoms with Gasteiger partial charge in [-0.15, -0.1) is 24.0 Å². The lowest BCUT2D eigenvalue weighted by atomic mass is 10.1. The summed E-state index contributed by atoms with van der Waals surface area (Å²) in [6.07, 6.45) is 0. The second-order valence-electron chi connectivity index (χ2n) is 2.95. The Labute approximate surface area is 91.5 Å². The van der Waals surface area contributed by atoms with Gasteiger partial charge in [-0.1, -0.05) is 0 Å². The third-order valence-electron chi connectivity index (χ3n) is 2.08. The minimum absolute atomic E-state index is 0.0232. The first-order chi connectivity index (χ1) is 6.76. The Kier molecular flexibility index (Phi) is 2.67. The Morgan fingerprint density at radius 1 is 1.50 bits per heavy atom. The van der Waals surface area contributed by atoms with Crippen molar-refractivity contribution >= 4 is 34.1 Å². The lowest BCUT2D eigenvalue weighted by Gasteiger charge is -2.04. The summed E-state index contributed by atoms with van der Waals surface area (Å²) in [6, 6.07) is 3.79. The molecule has 0 radical (unpaired) electrons. The van der Waals surface area contributed by atoms with Crippen LogP contribution in [0.2, 0.25) is 0 Å². The number of benzene rings is 1. The number of thiophene rings is 1. The van der Waals surface area contributed by atoms with E-state index in [-0.39, 0.29) is 6.61 Å². The maximum Gasteiger partial charge on any atom is 0.137 e. The fourth-order valence-corrected chi connectivity index (χ4v) is 2.71. The van der Waals surface area contributed by atoms with Crippen LogP contribution in [0.5, 0.6) is 5.75 Å². The molecule has 2 aromatic rings. The van der Waals surface area contributed by atoms with Crippen LogP contribution in [0.3, 0.4) is 0 Å². The first-order valence-corrected chi connectivity index (χ1v) is 5.47. The van der Waals surface area contributed by atoms with Gasteiger partial charge in [-0.2, -0.15) is 0 Å². The minimum Gasteiger partial charge on any atom is -0.495 e. The molecule has 0 fully saturated rings. The number of aliphatic hydroxyl groups is 1. The normalized spacial score (nSPS) is 10.8. The Hall–Kier alpha value is -0.710. The van der Waals surface area contributed by atoms with Gasteiger partial charge in [0.1, 0.15) is 5.75 Å². The standard InChI is InChI=1S/C10H10O2S2/c1-12-8-3-6(4-11)2-7-9(13)5-14-10(7)8/h2-3,5,11,13H,4H2,1H3. The highest BCUT2D eigenvalue weighted by Gasteiger charge is 2.08. The van der Waals surface area contributed by atoms with Crippen molar-refractivity contribution in [1.29, 1.82) is 0 Å². The molecule has 1 aromatic heterocycles. The van der Waals surface area contributed by atoms with Gasteiger partial charge in [0, 0.05) is 15.7 Å². The predicted molar refractivity (Wildman–Crippen MR) is 61.6 cm³/mol. The molecule has 0 bridgehead atoms. The van der Waals surface area contributed by atoms with Gasteiger partial charge in [0.05, 0.1) is 18.4 Å². The van der Waals surface area contributed by atoms with Crippen LogP contribution in [-0.2, 0) is 6.61 Å². The van der Waals surface area contributed by atoms with Gasteiger partial charge in [-0.25, -0.2) is 0 Å². The van der Waals surface area contributed by atoms with Gasteiger partial charge in [0.25, 0.3) is 0 Å². The Bertz CT molecular complexity index is 462. The van der Waals surface area contributed by atoms with E-state index in [1.165, 1.54) is 0 Å². The van der Waals surface area contributed by atoms with E-state index in [9.17, 15) is 0 Å². The number of hydrogen-bond donors (Lipinski definition) is 2. The molecular formula is C10H10O2S2. The van der Waals surface area contributed by atoms with E-state index >= 15 is 0 Å². The number of aliphatic hydroxyl groups excluding tert-OH is 1. The van der Waals surface area contributed by atoms with Crippen LogP contribution in [0.15, 0.2) is 22.4 Å². The molecule has 14 heavy (non-hydrogen) atoms. The maximum absolute atomic E-state index is 9.07. The molecule has 2 nitrogen and oxygen atoms in total. The van der Waals surface area contributed by atoms with E-state index < -0.39 is 0 Å². The van der Waals surface area contributed by atoms with Crippen LogP contribution in [0.25, 0.3) is 10.1 Å². The van der Waals surface area contributed by atoms with E-state index in [4.69, 9.17) is 9.84 Å². The Morgan fingerprint density at radius 2 is 2.29 bits per heavy atom. The molecule has 0 aliphatic heterocycles. The second-order valence-corrected chi connectivity index (χ2v) is 4.32. The number of methoxy groups -OCH3 is 1. The van der Waals surface area contributed by atoms with Crippen molar-refractivity contribution in [2.24, 2.45) is 0 Å². The van der Waals surface area contributed by atoms with E-state index in [2.05, 4.69) is 12.6 Å². The highest BCUT2D eigenvalue weighted by atomic mass is 32.1. The average molecular weight is 226 g/mol. The lowest BCUT2D eigenvalue weighted by Crippen LogP contribution is -1.87. The first-order valence-electron chi connectivity index (χ1n) is 4.14. The van der Waals surface area contributed by atoms with Crippen LogP contribution < -0.4 is 4.74 Å². The molecule has 1 aromatic carbocycles. The van der Waals surface area contributed by atoms with Crippen molar-refractivity contribution in [3.05, 3.63) is 23.1 Å². The van der Waals surface area contributed by atoms with E-state index in [1.807, 2.05) is 17.5 Å². The number of thiol groups is 1. The van der Waals surface area contributed by atoms with E-state index in [0.29, 0.717) is 0 Å². The summed E-state index contributed by atoms with van der Waals surface area (Å²) in [5, 5.41) is 12.1.